The molecule has 108 valence electrons. The van der Waals surface area contributed by atoms with Crippen molar-refractivity contribution >= 4 is 22.8 Å². The van der Waals surface area contributed by atoms with Gasteiger partial charge in [0, 0.05) is 6.42 Å². The Balaban J connectivity index is 2.03. The van der Waals surface area contributed by atoms with E-state index in [0.717, 1.165) is 0 Å². The van der Waals surface area contributed by atoms with Crippen LogP contribution in [-0.4, -0.2) is 53.7 Å². The van der Waals surface area contributed by atoms with Gasteiger partial charge in [-0.3, -0.25) is 4.57 Å². The van der Waals surface area contributed by atoms with Crippen LogP contribution in [0, 0.1) is 0 Å². The van der Waals surface area contributed by atoms with Gasteiger partial charge in [0.05, 0.1) is 31.3 Å². The zero-order chi connectivity index (χ0) is 14.3. The van der Waals surface area contributed by atoms with Crippen LogP contribution in [-0.2, 0) is 11.3 Å². The van der Waals surface area contributed by atoms with Crippen molar-refractivity contribution in [1.29, 1.82) is 0 Å². The lowest BCUT2D eigenvalue weighted by Crippen LogP contribution is -2.24. The molecule has 8 nitrogen and oxygen atoms in total. The maximum atomic E-state index is 9.77. The third-order valence-electron chi connectivity index (χ3n) is 3.31. The maximum Gasteiger partial charge on any atom is 0.224 e. The number of aliphatic hydroxyl groups is 3. The van der Waals surface area contributed by atoms with Gasteiger partial charge in [-0.1, -0.05) is 0 Å². The van der Waals surface area contributed by atoms with Crippen LogP contribution in [0.5, 0.6) is 0 Å². The molecule has 1 saturated heterocycles. The van der Waals surface area contributed by atoms with E-state index in [1.807, 2.05) is 0 Å². The predicted octanol–water partition coefficient (Wildman–Crippen LogP) is -0.387. The van der Waals surface area contributed by atoms with Crippen molar-refractivity contribution in [2.75, 3.05) is 6.61 Å². The van der Waals surface area contributed by atoms with Gasteiger partial charge < -0.3 is 20.1 Å². The molecule has 0 unspecified atom stereocenters. The van der Waals surface area contributed by atoms with Gasteiger partial charge >= 0.3 is 0 Å². The van der Waals surface area contributed by atoms with Crippen LogP contribution in [0.15, 0.2) is 6.33 Å². The summed E-state index contributed by atoms with van der Waals surface area (Å²) in [4.78, 5) is 12.1. The quantitative estimate of drug-likeness (QED) is 0.662. The minimum atomic E-state index is -0.753. The standard InChI is InChI=1S/C11H13ClN4O4/c12-11-14-5(2-17)9-10(15-11)16(4-13-9)8-1-6(19)7(3-18)20-8/h4,6-8,17-19H,1-3H2/t6-,7+,8+/m0/s1. The van der Waals surface area contributed by atoms with Crippen molar-refractivity contribution in [3.63, 3.8) is 0 Å². The zero-order valence-electron chi connectivity index (χ0n) is 10.3. The number of ether oxygens (including phenoxy) is 1. The number of fused-ring (bicyclic) bond motifs is 1. The Bertz CT molecular complexity index is 634. The Morgan fingerprint density at radius 3 is 2.85 bits per heavy atom. The largest absolute Gasteiger partial charge is 0.394 e. The number of imidazole rings is 1. The molecule has 0 bridgehead atoms. The number of halogens is 1. The number of nitrogens with zero attached hydrogens (tertiary/aromatic N) is 4. The van der Waals surface area contributed by atoms with E-state index in [1.54, 1.807) is 4.57 Å². The fourth-order valence-electron chi connectivity index (χ4n) is 2.32. The summed E-state index contributed by atoms with van der Waals surface area (Å²) < 4.78 is 7.16. The van der Waals surface area contributed by atoms with Crippen molar-refractivity contribution in [3.8, 4) is 0 Å². The molecule has 0 aromatic carbocycles. The molecule has 0 radical (unpaired) electrons. The molecule has 1 aliphatic rings. The summed E-state index contributed by atoms with van der Waals surface area (Å²) in [7, 11) is 0. The lowest BCUT2D eigenvalue weighted by Gasteiger charge is -2.13. The number of hydrogen-bond acceptors (Lipinski definition) is 7. The number of rotatable bonds is 3. The Hall–Kier alpha value is -1.32. The van der Waals surface area contributed by atoms with Crippen LogP contribution in [0.25, 0.3) is 11.2 Å². The van der Waals surface area contributed by atoms with E-state index in [-0.39, 0.29) is 18.5 Å². The molecule has 9 heteroatoms. The molecule has 3 heterocycles. The minimum Gasteiger partial charge on any atom is -0.394 e. The van der Waals surface area contributed by atoms with Crippen molar-refractivity contribution in [1.82, 2.24) is 19.5 Å². The van der Waals surface area contributed by atoms with Crippen LogP contribution in [0.1, 0.15) is 18.3 Å². The van der Waals surface area contributed by atoms with Crippen LogP contribution in [0.3, 0.4) is 0 Å². The smallest absolute Gasteiger partial charge is 0.224 e. The average molecular weight is 301 g/mol. The van der Waals surface area contributed by atoms with Crippen LogP contribution < -0.4 is 0 Å². The first-order valence-corrected chi connectivity index (χ1v) is 6.46. The van der Waals surface area contributed by atoms with E-state index in [1.165, 1.54) is 6.33 Å². The molecule has 2 aromatic rings. The molecular formula is C11H13ClN4O4. The van der Waals surface area contributed by atoms with Crippen molar-refractivity contribution in [3.05, 3.63) is 17.3 Å². The first kappa shape index (κ1) is 13.7. The second-order valence-corrected chi connectivity index (χ2v) is 4.87. The van der Waals surface area contributed by atoms with Gasteiger partial charge in [0.2, 0.25) is 5.28 Å². The van der Waals surface area contributed by atoms with E-state index >= 15 is 0 Å². The van der Waals surface area contributed by atoms with Gasteiger partial charge in [-0.15, -0.1) is 0 Å². The molecule has 0 amide bonds. The van der Waals surface area contributed by atoms with E-state index in [0.29, 0.717) is 23.3 Å². The van der Waals surface area contributed by atoms with Gasteiger partial charge in [-0.25, -0.2) is 9.97 Å². The Morgan fingerprint density at radius 1 is 1.40 bits per heavy atom. The first-order valence-electron chi connectivity index (χ1n) is 6.08. The lowest BCUT2D eigenvalue weighted by atomic mass is 10.2. The topological polar surface area (TPSA) is 114 Å². The van der Waals surface area contributed by atoms with Gasteiger partial charge in [-0.05, 0) is 11.6 Å². The van der Waals surface area contributed by atoms with E-state index < -0.39 is 18.4 Å². The molecule has 3 atom stereocenters. The van der Waals surface area contributed by atoms with Crippen molar-refractivity contribution < 1.29 is 20.1 Å². The maximum absolute atomic E-state index is 9.77. The fourth-order valence-corrected chi connectivity index (χ4v) is 2.50. The molecular weight excluding hydrogens is 288 g/mol. The average Bonchev–Trinajstić information content (AvgIpc) is 3.00. The molecule has 1 fully saturated rings. The highest BCUT2D eigenvalue weighted by atomic mass is 35.5. The highest BCUT2D eigenvalue weighted by molar-refractivity contribution is 6.28. The summed E-state index contributed by atoms with van der Waals surface area (Å²) in [5, 5.41) is 28.1. The van der Waals surface area contributed by atoms with Gasteiger partial charge in [-0.2, -0.15) is 4.98 Å². The lowest BCUT2D eigenvalue weighted by molar-refractivity contribution is -0.0432. The highest BCUT2D eigenvalue weighted by Gasteiger charge is 2.35. The summed E-state index contributed by atoms with van der Waals surface area (Å²) in [6.07, 6.45) is -0.0764. The van der Waals surface area contributed by atoms with Crippen molar-refractivity contribution in [2.45, 2.75) is 31.5 Å². The molecule has 1 aliphatic heterocycles. The third-order valence-corrected chi connectivity index (χ3v) is 3.48. The number of aliphatic hydroxyl groups excluding tert-OH is 3. The normalized spacial score (nSPS) is 26.5. The molecule has 0 spiro atoms. The zero-order valence-corrected chi connectivity index (χ0v) is 11.1. The molecule has 0 saturated carbocycles. The summed E-state index contributed by atoms with van der Waals surface area (Å²) in [6.45, 7) is -0.564. The highest BCUT2D eigenvalue weighted by Crippen LogP contribution is 2.31. The first-order chi connectivity index (χ1) is 9.63. The third kappa shape index (κ3) is 2.15. The SMILES string of the molecule is OCc1nc(Cl)nc2c1ncn2[C@H]1C[C@H](O)[C@@H](CO)O1. The fraction of sp³-hybridized carbons (Fsp3) is 0.545. The summed E-state index contributed by atoms with van der Waals surface area (Å²) in [6, 6.07) is 0. The predicted molar refractivity (Wildman–Crippen MR) is 67.9 cm³/mol. The molecule has 2 aromatic heterocycles. The number of aromatic nitrogens is 4. The van der Waals surface area contributed by atoms with Crippen LogP contribution >= 0.6 is 11.6 Å². The second-order valence-electron chi connectivity index (χ2n) is 4.54. The van der Waals surface area contributed by atoms with E-state index in [4.69, 9.17) is 21.4 Å². The summed E-state index contributed by atoms with van der Waals surface area (Å²) >= 11 is 5.82. The minimum absolute atomic E-state index is 0.000513. The Kier molecular flexibility index (Phi) is 3.57. The molecule has 3 rings (SSSR count). The number of hydrogen-bond donors (Lipinski definition) is 3. The molecule has 3 N–H and O–H groups in total. The Labute approximate surface area is 118 Å². The van der Waals surface area contributed by atoms with Gasteiger partial charge in [0.1, 0.15) is 17.8 Å². The molecule has 0 aliphatic carbocycles. The summed E-state index contributed by atoms with van der Waals surface area (Å²) in [5.41, 5.74) is 1.18. The monoisotopic (exact) mass is 300 g/mol. The Morgan fingerprint density at radius 2 is 2.20 bits per heavy atom. The van der Waals surface area contributed by atoms with Gasteiger partial charge in [0.25, 0.3) is 0 Å². The van der Waals surface area contributed by atoms with E-state index in [9.17, 15) is 10.2 Å². The van der Waals surface area contributed by atoms with Crippen LogP contribution in [0.4, 0.5) is 0 Å². The van der Waals surface area contributed by atoms with E-state index in [2.05, 4.69) is 15.0 Å². The van der Waals surface area contributed by atoms with Crippen LogP contribution in [0.2, 0.25) is 5.28 Å². The van der Waals surface area contributed by atoms with Crippen molar-refractivity contribution in [2.24, 2.45) is 0 Å². The summed E-state index contributed by atoms with van der Waals surface area (Å²) in [5.74, 6) is 0. The van der Waals surface area contributed by atoms with Gasteiger partial charge in [0.15, 0.2) is 5.65 Å². The second kappa shape index (κ2) is 5.23. The molecule has 20 heavy (non-hydrogen) atoms.